The lowest BCUT2D eigenvalue weighted by Gasteiger charge is -2.25. The lowest BCUT2D eigenvalue weighted by atomic mass is 9.76. The number of methoxy groups -OCH3 is 1. The minimum Gasteiger partial charge on any atom is -0.497 e. The quantitative estimate of drug-likeness (QED) is 0.740. The molecule has 1 saturated carbocycles. The zero-order chi connectivity index (χ0) is 12.3. The Morgan fingerprint density at radius 3 is 2.17 bits per heavy atom. The summed E-state index contributed by atoms with van der Waals surface area (Å²) in [7, 11) is 1.66. The minimum atomic E-state index is -0.263. The molecule has 0 amide bonds. The summed E-state index contributed by atoms with van der Waals surface area (Å²) in [4.78, 5) is 12.6. The van der Waals surface area contributed by atoms with E-state index in [0.717, 1.165) is 11.3 Å². The van der Waals surface area contributed by atoms with Crippen LogP contribution in [0.4, 0.5) is 0 Å². The van der Waals surface area contributed by atoms with Gasteiger partial charge in [0.25, 0.3) is 0 Å². The van der Waals surface area contributed by atoms with Gasteiger partial charge in [0.1, 0.15) is 5.75 Å². The van der Waals surface area contributed by atoms with Crippen LogP contribution in [0.2, 0.25) is 0 Å². The zero-order valence-corrected chi connectivity index (χ0v) is 10.2. The van der Waals surface area contributed by atoms with E-state index in [1.165, 1.54) is 0 Å². The Bertz CT molecular complexity index is 560. The lowest BCUT2D eigenvalue weighted by Crippen LogP contribution is -2.33. The Morgan fingerprint density at radius 1 is 1.00 bits per heavy atom. The van der Waals surface area contributed by atoms with Crippen molar-refractivity contribution in [3.05, 3.63) is 54.1 Å². The molecule has 3 aliphatic rings. The molecule has 2 nitrogen and oxygen atoms in total. The van der Waals surface area contributed by atoms with Crippen molar-refractivity contribution in [1.29, 1.82) is 0 Å². The van der Waals surface area contributed by atoms with Crippen LogP contribution in [0.15, 0.2) is 48.6 Å². The highest BCUT2D eigenvalue weighted by molar-refractivity contribution is 6.02. The number of Topliss-reactive ketones (excluding diaryl/α,β-unsaturated/α-hetero) is 1. The fourth-order valence-corrected chi connectivity index (χ4v) is 3.70. The van der Waals surface area contributed by atoms with E-state index in [0.29, 0.717) is 17.6 Å². The highest BCUT2D eigenvalue weighted by Gasteiger charge is 2.70. The summed E-state index contributed by atoms with van der Waals surface area (Å²) in [5.74, 6) is 1.93. The van der Waals surface area contributed by atoms with Gasteiger partial charge in [0.2, 0.25) is 0 Å². The molecular weight excluding hydrogens is 224 g/mol. The molecule has 0 saturated heterocycles. The lowest BCUT2D eigenvalue weighted by molar-refractivity contribution is -0.123. The summed E-state index contributed by atoms with van der Waals surface area (Å²) in [5.41, 5.74) is 0.877. The molecule has 1 fully saturated rings. The van der Waals surface area contributed by atoms with Crippen molar-refractivity contribution in [3.8, 4) is 5.75 Å². The van der Waals surface area contributed by atoms with Gasteiger partial charge in [0.05, 0.1) is 18.4 Å². The Balaban J connectivity index is 1.83. The Kier molecular flexibility index (Phi) is 1.76. The molecule has 0 spiro atoms. The topological polar surface area (TPSA) is 26.3 Å². The molecule has 4 rings (SSSR count). The van der Waals surface area contributed by atoms with Crippen LogP contribution in [0.1, 0.15) is 5.56 Å². The first-order valence-electron chi connectivity index (χ1n) is 6.34. The molecule has 2 unspecified atom stereocenters. The maximum absolute atomic E-state index is 12.6. The van der Waals surface area contributed by atoms with Gasteiger partial charge in [0.15, 0.2) is 5.78 Å². The Hall–Kier alpha value is -1.83. The summed E-state index contributed by atoms with van der Waals surface area (Å²) in [6, 6.07) is 7.98. The summed E-state index contributed by atoms with van der Waals surface area (Å²) < 4.78 is 5.18. The van der Waals surface area contributed by atoms with Gasteiger partial charge >= 0.3 is 0 Å². The molecule has 2 atom stereocenters. The van der Waals surface area contributed by atoms with E-state index in [9.17, 15) is 4.79 Å². The molecular formula is C16H14O2. The van der Waals surface area contributed by atoms with Gasteiger partial charge in [-0.15, -0.1) is 0 Å². The third-order valence-corrected chi connectivity index (χ3v) is 4.66. The van der Waals surface area contributed by atoms with Crippen LogP contribution in [0.25, 0.3) is 0 Å². The van der Waals surface area contributed by atoms with E-state index < -0.39 is 0 Å². The fraction of sp³-hybridized carbons (Fsp3) is 0.312. The number of benzene rings is 1. The molecule has 0 aromatic heterocycles. The van der Waals surface area contributed by atoms with Gasteiger partial charge < -0.3 is 4.74 Å². The second-order valence-electron chi connectivity index (χ2n) is 5.31. The van der Waals surface area contributed by atoms with Gasteiger partial charge in [0, 0.05) is 11.8 Å². The van der Waals surface area contributed by atoms with Crippen LogP contribution < -0.4 is 4.74 Å². The largest absolute Gasteiger partial charge is 0.497 e. The van der Waals surface area contributed by atoms with E-state index in [2.05, 4.69) is 24.3 Å². The van der Waals surface area contributed by atoms with Gasteiger partial charge in [-0.1, -0.05) is 36.4 Å². The molecule has 0 N–H and O–H groups in total. The molecule has 18 heavy (non-hydrogen) atoms. The van der Waals surface area contributed by atoms with E-state index in [1.54, 1.807) is 7.11 Å². The van der Waals surface area contributed by atoms with Crippen LogP contribution in [0.3, 0.4) is 0 Å². The average molecular weight is 238 g/mol. The number of carbonyl (C=O) groups is 1. The molecule has 0 aliphatic heterocycles. The van der Waals surface area contributed by atoms with Crippen molar-refractivity contribution in [1.82, 2.24) is 0 Å². The smallest absolute Gasteiger partial charge is 0.155 e. The second kappa shape index (κ2) is 3.14. The first kappa shape index (κ1) is 10.1. The molecule has 2 heteroatoms. The minimum absolute atomic E-state index is 0.0119. The first-order chi connectivity index (χ1) is 8.78. The number of fused-ring (bicyclic) bond motifs is 2. The number of ketones is 1. The monoisotopic (exact) mass is 238 g/mol. The first-order valence-corrected chi connectivity index (χ1v) is 6.34. The number of hydrogen-bond acceptors (Lipinski definition) is 2. The maximum atomic E-state index is 12.6. The summed E-state index contributed by atoms with van der Waals surface area (Å²) in [6.07, 6.45) is 8.55. The maximum Gasteiger partial charge on any atom is 0.155 e. The van der Waals surface area contributed by atoms with Crippen molar-refractivity contribution in [2.24, 2.45) is 17.8 Å². The van der Waals surface area contributed by atoms with Crippen LogP contribution >= 0.6 is 0 Å². The highest BCUT2D eigenvalue weighted by atomic mass is 16.5. The van der Waals surface area contributed by atoms with E-state index >= 15 is 0 Å². The summed E-state index contributed by atoms with van der Waals surface area (Å²) in [6.45, 7) is 0. The highest BCUT2D eigenvalue weighted by Crippen LogP contribution is 2.66. The molecule has 2 bridgehead atoms. The average Bonchev–Trinajstić information content (AvgIpc) is 3.12. The molecule has 1 aromatic rings. The van der Waals surface area contributed by atoms with E-state index in [1.807, 2.05) is 24.3 Å². The Morgan fingerprint density at radius 2 is 1.61 bits per heavy atom. The van der Waals surface area contributed by atoms with E-state index in [-0.39, 0.29) is 11.3 Å². The van der Waals surface area contributed by atoms with Crippen LogP contribution in [-0.4, -0.2) is 12.9 Å². The number of ether oxygens (including phenoxy) is 1. The number of rotatable bonds is 2. The van der Waals surface area contributed by atoms with Crippen molar-refractivity contribution in [3.63, 3.8) is 0 Å². The third kappa shape index (κ3) is 0.976. The van der Waals surface area contributed by atoms with Gasteiger partial charge in [-0.05, 0) is 17.7 Å². The van der Waals surface area contributed by atoms with Crippen molar-refractivity contribution in [2.45, 2.75) is 5.41 Å². The van der Waals surface area contributed by atoms with Crippen molar-refractivity contribution in [2.75, 3.05) is 7.11 Å². The van der Waals surface area contributed by atoms with Crippen molar-refractivity contribution < 1.29 is 9.53 Å². The van der Waals surface area contributed by atoms with Gasteiger partial charge in [-0.25, -0.2) is 0 Å². The van der Waals surface area contributed by atoms with Gasteiger partial charge in [-0.2, -0.15) is 0 Å². The standard InChI is InChI=1S/C16H14O2/c1-18-12-6-4-11(5-7-12)16-13-8-2-10(15(16)17)3-9-14(13)16/h2-10,13-14H,1H3. The third-order valence-electron chi connectivity index (χ3n) is 4.66. The van der Waals surface area contributed by atoms with Crippen LogP contribution in [0.5, 0.6) is 5.75 Å². The molecule has 0 heterocycles. The van der Waals surface area contributed by atoms with E-state index in [4.69, 9.17) is 4.74 Å². The van der Waals surface area contributed by atoms with Crippen molar-refractivity contribution >= 4 is 5.78 Å². The summed E-state index contributed by atoms with van der Waals surface area (Å²) >= 11 is 0. The zero-order valence-electron chi connectivity index (χ0n) is 10.2. The number of carbonyl (C=O) groups excluding carboxylic acids is 1. The molecule has 1 aromatic carbocycles. The normalized spacial score (nSPS) is 38.7. The summed E-state index contributed by atoms with van der Waals surface area (Å²) in [5, 5.41) is 0. The van der Waals surface area contributed by atoms with Crippen LogP contribution in [0, 0.1) is 17.8 Å². The second-order valence-corrected chi connectivity index (χ2v) is 5.31. The Labute approximate surface area is 106 Å². The van der Waals surface area contributed by atoms with Crippen LogP contribution in [-0.2, 0) is 10.2 Å². The van der Waals surface area contributed by atoms with Gasteiger partial charge in [-0.3, -0.25) is 4.79 Å². The number of hydrogen-bond donors (Lipinski definition) is 0. The SMILES string of the molecule is COc1ccc(C23C(=O)C4C=CC2C3C=C4)cc1. The number of allylic oxidation sites excluding steroid dienone is 4. The molecule has 0 radical (unpaired) electrons. The predicted molar refractivity (Wildman–Crippen MR) is 68.4 cm³/mol. The molecule has 3 aliphatic carbocycles. The molecule has 90 valence electrons. The fourth-order valence-electron chi connectivity index (χ4n) is 3.70. The predicted octanol–water partition coefficient (Wildman–Crippen LogP) is 2.50.